The monoisotopic (exact) mass is 862 g/mol. The van der Waals surface area contributed by atoms with E-state index in [-0.39, 0.29) is 31.1 Å². The molecule has 1 aromatic heterocycles. The summed E-state index contributed by atoms with van der Waals surface area (Å²) in [4.78, 5) is 40.8. The van der Waals surface area contributed by atoms with Crippen molar-refractivity contribution in [1.29, 1.82) is 0 Å². The molecule has 14 atom stereocenters. The highest BCUT2D eigenvalue weighted by molar-refractivity contribution is 5.83. The highest BCUT2D eigenvalue weighted by atomic mass is 16.7. The van der Waals surface area contributed by atoms with E-state index in [0.29, 0.717) is 31.6 Å². The third-order valence-electron chi connectivity index (χ3n) is 13.1. The lowest BCUT2D eigenvalue weighted by Crippen LogP contribution is -2.60. The van der Waals surface area contributed by atoms with Gasteiger partial charge in [-0.1, -0.05) is 63.6 Å². The normalized spacial score (nSPS) is 35.7. The van der Waals surface area contributed by atoms with Gasteiger partial charge in [-0.2, -0.15) is 0 Å². The molecule has 1 aromatic carbocycles. The summed E-state index contributed by atoms with van der Waals surface area (Å²) in [7, 11) is 3.38. The molecule has 0 saturated carbocycles. The van der Waals surface area contributed by atoms with Gasteiger partial charge in [0.15, 0.2) is 6.29 Å². The van der Waals surface area contributed by atoms with E-state index in [0.717, 1.165) is 24.0 Å². The Morgan fingerprint density at radius 3 is 2.38 bits per heavy atom. The summed E-state index contributed by atoms with van der Waals surface area (Å²) >= 11 is 0. The zero-order valence-electron chi connectivity index (χ0n) is 37.6. The number of amides is 1. The Kier molecular flexibility index (Phi) is 18.0. The van der Waals surface area contributed by atoms with Gasteiger partial charge in [-0.3, -0.25) is 29.2 Å². The average Bonchev–Trinajstić information content (AvgIpc) is 3.71. The van der Waals surface area contributed by atoms with Gasteiger partial charge in [0.25, 0.3) is 0 Å². The number of methoxy groups -OCH3 is 1. The van der Waals surface area contributed by atoms with E-state index >= 15 is 0 Å². The van der Waals surface area contributed by atoms with Crippen LogP contribution >= 0.6 is 0 Å². The summed E-state index contributed by atoms with van der Waals surface area (Å²) in [5.74, 6) is -5.24. The number of aliphatic hydroxyl groups excluding tert-OH is 3. The standard InChI is InChI=1S/C44H71N5O12/c1-11-34-44(8,56)39(54)27(4)36(51)25(2)22-43(7,58-10)40(28(5)37(52)29(6)41(55)60-34)61-42-38(53)33(21-26(3)59-42)48(9)23-30-17-14-15-18-31(30)32-24-49(47-45-32)20-16-12-13-19-35(50)46-57/h14-15,17-18,24-29,33-34,37-40,42,52-54,56-57H,11-13,16,19-23H2,1-10H3,(H,46,50)/t25-,26-,27+,28+,29-,33+,34-,37+,38-,39-,40-,42+,43-,44-/m1/s1. The molecule has 1 amide bonds. The second-order valence-corrected chi connectivity index (χ2v) is 17.9. The lowest BCUT2D eigenvalue weighted by atomic mass is 9.74. The van der Waals surface area contributed by atoms with Crippen LogP contribution in [0.25, 0.3) is 11.3 Å². The molecule has 6 N–H and O–H groups in total. The zero-order chi connectivity index (χ0) is 45.4. The number of unbranched alkanes of at least 4 members (excludes halogenated alkanes) is 2. The van der Waals surface area contributed by atoms with Crippen LogP contribution in [-0.4, -0.2) is 138 Å². The number of aryl methyl sites for hydroxylation is 1. The number of Topliss-reactive ketones (excluding diaryl/α,β-unsaturated/α-hetero) is 1. The van der Waals surface area contributed by atoms with Crippen molar-refractivity contribution in [3.05, 3.63) is 36.0 Å². The molecule has 2 aliphatic heterocycles. The van der Waals surface area contributed by atoms with Crippen molar-refractivity contribution < 1.29 is 59.0 Å². The Hall–Kier alpha value is -3.39. The van der Waals surface area contributed by atoms with Crippen molar-refractivity contribution in [2.75, 3.05) is 14.2 Å². The molecular formula is C44H71N5O12. The number of carbonyl (C=O) groups excluding carboxylic acids is 3. The minimum atomic E-state index is -1.96. The van der Waals surface area contributed by atoms with Crippen LogP contribution in [0.1, 0.15) is 106 Å². The smallest absolute Gasteiger partial charge is 0.311 e. The van der Waals surface area contributed by atoms with E-state index in [2.05, 4.69) is 10.3 Å². The molecular weight excluding hydrogens is 791 g/mol. The van der Waals surface area contributed by atoms with Crippen molar-refractivity contribution >= 4 is 17.7 Å². The molecule has 344 valence electrons. The van der Waals surface area contributed by atoms with Gasteiger partial charge in [0.2, 0.25) is 5.91 Å². The van der Waals surface area contributed by atoms with Gasteiger partial charge in [-0.05, 0) is 72.4 Å². The van der Waals surface area contributed by atoms with E-state index < -0.39 is 89.6 Å². The minimum absolute atomic E-state index is 0.0751. The molecule has 61 heavy (non-hydrogen) atoms. The van der Waals surface area contributed by atoms with Crippen LogP contribution in [0, 0.1) is 23.7 Å². The highest BCUT2D eigenvalue weighted by Gasteiger charge is 2.52. The number of likely N-dealkylation sites (N-methyl/N-ethyl adjacent to an activating group) is 1. The number of nitrogens with zero attached hydrogens (tertiary/aromatic N) is 4. The quantitative estimate of drug-likeness (QED) is 0.0692. The summed E-state index contributed by atoms with van der Waals surface area (Å²) in [5, 5.41) is 64.1. The lowest BCUT2D eigenvalue weighted by molar-refractivity contribution is -0.302. The van der Waals surface area contributed by atoms with Crippen LogP contribution in [-0.2, 0) is 46.4 Å². The van der Waals surface area contributed by atoms with Crippen LogP contribution in [0.4, 0.5) is 0 Å². The van der Waals surface area contributed by atoms with Crippen LogP contribution in [0.3, 0.4) is 0 Å². The molecule has 17 heteroatoms. The molecule has 0 aliphatic carbocycles. The van der Waals surface area contributed by atoms with E-state index in [1.807, 2.05) is 49.3 Å². The fraction of sp³-hybridized carbons (Fsp3) is 0.750. The van der Waals surface area contributed by atoms with E-state index in [4.69, 9.17) is 24.2 Å². The first-order valence-electron chi connectivity index (χ1n) is 21.7. The Bertz CT molecular complexity index is 1740. The predicted molar refractivity (Wildman–Crippen MR) is 223 cm³/mol. The van der Waals surface area contributed by atoms with Crippen LogP contribution in [0.15, 0.2) is 30.5 Å². The fourth-order valence-corrected chi connectivity index (χ4v) is 9.13. The van der Waals surface area contributed by atoms with Crippen molar-refractivity contribution in [1.82, 2.24) is 25.4 Å². The number of carbonyl (C=O) groups is 3. The van der Waals surface area contributed by atoms with Gasteiger partial charge in [0, 0.05) is 56.0 Å². The number of hydroxylamine groups is 1. The maximum atomic E-state index is 13.9. The molecule has 0 spiro atoms. The Morgan fingerprint density at radius 1 is 1.03 bits per heavy atom. The van der Waals surface area contributed by atoms with E-state index in [1.54, 1.807) is 37.9 Å². The molecule has 4 rings (SSSR count). The van der Waals surface area contributed by atoms with Gasteiger partial charge in [-0.15, -0.1) is 5.10 Å². The number of aliphatic hydroxyl groups is 4. The number of esters is 1. The first kappa shape index (κ1) is 50.3. The summed E-state index contributed by atoms with van der Waals surface area (Å²) in [6, 6.07) is 7.39. The maximum Gasteiger partial charge on any atom is 0.311 e. The predicted octanol–water partition coefficient (Wildman–Crippen LogP) is 3.41. The van der Waals surface area contributed by atoms with Gasteiger partial charge in [0.05, 0.1) is 42.1 Å². The van der Waals surface area contributed by atoms with E-state index in [9.17, 15) is 34.8 Å². The summed E-state index contributed by atoms with van der Waals surface area (Å²) in [5.41, 5.74) is 0.925. The molecule has 2 aromatic rings. The number of ketones is 1. The Labute approximate surface area is 360 Å². The number of nitrogens with one attached hydrogen (secondary N) is 1. The van der Waals surface area contributed by atoms with Crippen molar-refractivity contribution in [3.63, 3.8) is 0 Å². The van der Waals surface area contributed by atoms with Gasteiger partial charge < -0.3 is 39.4 Å². The second-order valence-electron chi connectivity index (χ2n) is 17.9. The topological polar surface area (TPSA) is 235 Å². The largest absolute Gasteiger partial charge is 0.459 e. The molecule has 2 aliphatic rings. The molecule has 2 fully saturated rings. The van der Waals surface area contributed by atoms with Gasteiger partial charge >= 0.3 is 5.97 Å². The van der Waals surface area contributed by atoms with Crippen LogP contribution < -0.4 is 5.48 Å². The number of aromatic nitrogens is 3. The number of hydrogen-bond donors (Lipinski definition) is 6. The summed E-state index contributed by atoms with van der Waals surface area (Å²) in [6.45, 7) is 14.2. The third-order valence-corrected chi connectivity index (χ3v) is 13.1. The second kappa shape index (κ2) is 21.8. The molecule has 0 unspecified atom stereocenters. The number of benzene rings is 1. The Balaban J connectivity index is 1.58. The molecule has 0 radical (unpaired) electrons. The minimum Gasteiger partial charge on any atom is -0.459 e. The summed E-state index contributed by atoms with van der Waals surface area (Å²) in [6.07, 6.45) is -2.84. The highest BCUT2D eigenvalue weighted by Crippen LogP contribution is 2.39. The fourth-order valence-electron chi connectivity index (χ4n) is 9.13. The number of cyclic esters (lactones) is 1. The number of hydrogen-bond acceptors (Lipinski definition) is 15. The van der Waals surface area contributed by atoms with Gasteiger partial charge in [-0.25, -0.2) is 5.48 Å². The van der Waals surface area contributed by atoms with Crippen LogP contribution in [0.5, 0.6) is 0 Å². The SMILES string of the molecule is CC[C@H]1OC(=O)[C@H](C)[C@@H](O)[C@H](C)[C@@H](O[C@@H]2O[C@H](C)C[C@H](N(C)Cc3ccccc3-c3cn(CCCCCC(=O)NO)nn3)[C@H]2O)[C@](C)(OC)C[C@@H](C)C(=O)[C@H](C)[C@@H](O)[C@]1(C)O. The lowest BCUT2D eigenvalue weighted by Gasteiger charge is -2.48. The molecule has 17 nitrogen and oxygen atoms in total. The number of rotatable bonds is 14. The van der Waals surface area contributed by atoms with Gasteiger partial charge in [0.1, 0.15) is 29.3 Å². The zero-order valence-corrected chi connectivity index (χ0v) is 37.6. The van der Waals surface area contributed by atoms with Crippen molar-refractivity contribution in [2.45, 2.75) is 174 Å². The van der Waals surface area contributed by atoms with Crippen molar-refractivity contribution in [3.8, 4) is 11.3 Å². The maximum absolute atomic E-state index is 13.9. The first-order chi connectivity index (χ1) is 28.7. The number of ether oxygens (including phenoxy) is 4. The Morgan fingerprint density at radius 2 is 1.72 bits per heavy atom. The molecule has 2 saturated heterocycles. The molecule has 3 heterocycles. The summed E-state index contributed by atoms with van der Waals surface area (Å²) < 4.78 is 26.7. The average molecular weight is 862 g/mol. The molecule has 0 bridgehead atoms. The van der Waals surface area contributed by atoms with Crippen LogP contribution in [0.2, 0.25) is 0 Å². The first-order valence-corrected chi connectivity index (χ1v) is 21.7. The van der Waals surface area contributed by atoms with E-state index in [1.165, 1.54) is 27.9 Å². The third kappa shape index (κ3) is 12.0. The van der Waals surface area contributed by atoms with Crippen molar-refractivity contribution in [2.24, 2.45) is 23.7 Å².